The predicted octanol–water partition coefficient (Wildman–Crippen LogP) is 0.199. The van der Waals surface area contributed by atoms with Gasteiger partial charge in [0, 0.05) is 6.20 Å². The second-order valence-electron chi connectivity index (χ2n) is 2.62. The van der Waals surface area contributed by atoms with Crippen molar-refractivity contribution in [2.75, 3.05) is 5.32 Å². The van der Waals surface area contributed by atoms with Crippen LogP contribution in [-0.4, -0.2) is 22.1 Å². The lowest BCUT2D eigenvalue weighted by molar-refractivity contribution is -0.117. The molecular formula is C8H9N3O3. The molecule has 0 atom stereocenters. The molecule has 4 N–H and O–H groups in total. The lowest BCUT2D eigenvalue weighted by atomic mass is 10.2. The zero-order valence-corrected chi connectivity index (χ0v) is 7.23. The molecule has 1 heterocycles. The van der Waals surface area contributed by atoms with Crippen LogP contribution >= 0.6 is 0 Å². The molecule has 0 aliphatic rings. The van der Waals surface area contributed by atoms with Gasteiger partial charge < -0.3 is 10.8 Å². The van der Waals surface area contributed by atoms with E-state index in [1.165, 1.54) is 12.3 Å². The highest BCUT2D eigenvalue weighted by molar-refractivity contribution is 5.82. The second-order valence-corrected chi connectivity index (χ2v) is 2.62. The molecule has 14 heavy (non-hydrogen) atoms. The molecule has 1 aromatic heterocycles. The van der Waals surface area contributed by atoms with Gasteiger partial charge in [-0.15, -0.1) is 0 Å². The number of nitrogens with one attached hydrogen (secondary N) is 1. The highest BCUT2D eigenvalue weighted by Gasteiger charge is 2.02. The quantitative estimate of drug-likeness (QED) is 0.640. The number of nitrogens with zero attached hydrogens (tertiary/aromatic N) is 1. The largest absolute Gasteiger partial charge is 0.465 e. The minimum atomic E-state index is -1.20. The summed E-state index contributed by atoms with van der Waals surface area (Å²) in [5, 5.41) is 10.5. The number of nitrogens with two attached hydrogens (primary N) is 1. The minimum Gasteiger partial charge on any atom is -0.465 e. The third kappa shape index (κ3) is 3.10. The van der Waals surface area contributed by atoms with Crippen molar-refractivity contribution in [2.45, 2.75) is 6.42 Å². The predicted molar refractivity (Wildman–Crippen MR) is 48.8 cm³/mol. The van der Waals surface area contributed by atoms with Crippen LogP contribution in [0.4, 0.5) is 10.6 Å². The van der Waals surface area contributed by atoms with Gasteiger partial charge in [-0.05, 0) is 17.7 Å². The number of hydrogen-bond donors (Lipinski definition) is 3. The van der Waals surface area contributed by atoms with Crippen molar-refractivity contribution in [2.24, 2.45) is 5.73 Å². The summed E-state index contributed by atoms with van der Waals surface area (Å²) in [7, 11) is 0. The van der Waals surface area contributed by atoms with Crippen LogP contribution in [0.3, 0.4) is 0 Å². The van der Waals surface area contributed by atoms with Crippen LogP contribution in [0.2, 0.25) is 0 Å². The Morgan fingerprint density at radius 1 is 1.57 bits per heavy atom. The fraction of sp³-hybridized carbons (Fsp3) is 0.125. The number of carbonyl (C=O) groups excluding carboxylic acids is 1. The van der Waals surface area contributed by atoms with E-state index in [0.717, 1.165) is 0 Å². The van der Waals surface area contributed by atoms with E-state index in [4.69, 9.17) is 10.8 Å². The van der Waals surface area contributed by atoms with Crippen LogP contribution in [0.5, 0.6) is 0 Å². The molecule has 1 rings (SSSR count). The first-order valence-corrected chi connectivity index (χ1v) is 3.81. The standard InChI is InChI=1S/C8H9N3O3/c9-6(12)3-5-1-2-10-7(4-5)11-8(13)14/h1-2,4H,3H2,(H2,9,12)(H,10,11)(H,13,14). The van der Waals surface area contributed by atoms with E-state index in [2.05, 4.69) is 10.3 Å². The first-order chi connectivity index (χ1) is 6.58. The molecule has 6 nitrogen and oxygen atoms in total. The van der Waals surface area contributed by atoms with E-state index in [1.54, 1.807) is 6.07 Å². The highest BCUT2D eigenvalue weighted by Crippen LogP contribution is 2.06. The zero-order chi connectivity index (χ0) is 10.6. The fourth-order valence-corrected chi connectivity index (χ4v) is 0.963. The Morgan fingerprint density at radius 2 is 2.29 bits per heavy atom. The number of carboxylic acid groups (broad SMARTS) is 1. The van der Waals surface area contributed by atoms with Crippen LogP contribution in [0.1, 0.15) is 5.56 Å². The summed E-state index contributed by atoms with van der Waals surface area (Å²) in [5.41, 5.74) is 5.60. The lowest BCUT2D eigenvalue weighted by Gasteiger charge is -2.01. The molecule has 6 heteroatoms. The maximum atomic E-state index is 10.6. The topological polar surface area (TPSA) is 105 Å². The van der Waals surface area contributed by atoms with Gasteiger partial charge >= 0.3 is 6.09 Å². The summed E-state index contributed by atoms with van der Waals surface area (Å²) in [4.78, 5) is 24.6. The molecule has 0 fully saturated rings. The second kappa shape index (κ2) is 4.22. The number of primary amides is 1. The Labute approximate surface area is 79.8 Å². The Morgan fingerprint density at radius 3 is 2.86 bits per heavy atom. The molecule has 0 radical (unpaired) electrons. The van der Waals surface area contributed by atoms with E-state index in [9.17, 15) is 9.59 Å². The molecule has 0 spiro atoms. The lowest BCUT2D eigenvalue weighted by Crippen LogP contribution is -2.14. The van der Waals surface area contributed by atoms with Gasteiger partial charge in [0.2, 0.25) is 5.91 Å². The normalized spacial score (nSPS) is 9.43. The number of anilines is 1. The number of pyridine rings is 1. The maximum absolute atomic E-state index is 10.6. The van der Waals surface area contributed by atoms with E-state index < -0.39 is 12.0 Å². The van der Waals surface area contributed by atoms with Gasteiger partial charge in [0.15, 0.2) is 0 Å². The molecule has 0 unspecified atom stereocenters. The van der Waals surface area contributed by atoms with Crippen LogP contribution in [0.15, 0.2) is 18.3 Å². The average Bonchev–Trinajstić information content (AvgIpc) is 2.01. The van der Waals surface area contributed by atoms with Crippen molar-refractivity contribution < 1.29 is 14.7 Å². The Kier molecular flexibility index (Phi) is 3.01. The number of carbonyl (C=O) groups is 2. The maximum Gasteiger partial charge on any atom is 0.410 e. The summed E-state index contributed by atoms with van der Waals surface area (Å²) >= 11 is 0. The van der Waals surface area contributed by atoms with Crippen molar-refractivity contribution in [1.29, 1.82) is 0 Å². The van der Waals surface area contributed by atoms with Crippen LogP contribution in [0.25, 0.3) is 0 Å². The number of amides is 2. The fourth-order valence-electron chi connectivity index (χ4n) is 0.963. The molecule has 0 saturated heterocycles. The van der Waals surface area contributed by atoms with Gasteiger partial charge in [-0.25, -0.2) is 9.78 Å². The van der Waals surface area contributed by atoms with E-state index in [0.29, 0.717) is 5.56 Å². The van der Waals surface area contributed by atoms with Gasteiger partial charge in [0.25, 0.3) is 0 Å². The Bertz CT molecular complexity index is 333. The third-order valence-corrected chi connectivity index (χ3v) is 1.44. The number of hydrogen-bond acceptors (Lipinski definition) is 3. The van der Waals surface area contributed by atoms with Crippen molar-refractivity contribution in [3.63, 3.8) is 0 Å². The first-order valence-electron chi connectivity index (χ1n) is 3.81. The SMILES string of the molecule is NC(=O)Cc1ccnc(NC(=O)O)c1. The van der Waals surface area contributed by atoms with Crippen molar-refractivity contribution >= 4 is 17.8 Å². The third-order valence-electron chi connectivity index (χ3n) is 1.44. The molecule has 2 amide bonds. The molecule has 1 aromatic rings. The summed E-state index contributed by atoms with van der Waals surface area (Å²) in [6.07, 6.45) is 0.272. The van der Waals surface area contributed by atoms with E-state index >= 15 is 0 Å². The molecule has 0 aliphatic carbocycles. The number of rotatable bonds is 3. The smallest absolute Gasteiger partial charge is 0.410 e. The number of aromatic nitrogens is 1. The Hall–Kier alpha value is -2.11. The monoisotopic (exact) mass is 195 g/mol. The summed E-state index contributed by atoms with van der Waals surface area (Å²) in [6.45, 7) is 0. The average molecular weight is 195 g/mol. The van der Waals surface area contributed by atoms with E-state index in [1.807, 2.05) is 0 Å². The van der Waals surface area contributed by atoms with E-state index in [-0.39, 0.29) is 12.2 Å². The highest BCUT2D eigenvalue weighted by atomic mass is 16.4. The van der Waals surface area contributed by atoms with Gasteiger partial charge in [-0.3, -0.25) is 10.1 Å². The molecule has 0 aromatic carbocycles. The van der Waals surface area contributed by atoms with Crippen molar-refractivity contribution in [1.82, 2.24) is 4.98 Å². The minimum absolute atomic E-state index is 0.0663. The van der Waals surface area contributed by atoms with Crippen molar-refractivity contribution in [3.05, 3.63) is 23.9 Å². The zero-order valence-electron chi connectivity index (χ0n) is 7.23. The summed E-state index contributed by atoms with van der Waals surface area (Å²) in [5.74, 6) is -0.297. The first kappa shape index (κ1) is 9.97. The molecule has 0 saturated carbocycles. The molecular weight excluding hydrogens is 186 g/mol. The molecule has 0 aliphatic heterocycles. The summed E-state index contributed by atoms with van der Waals surface area (Å²) < 4.78 is 0. The van der Waals surface area contributed by atoms with Gasteiger partial charge in [-0.2, -0.15) is 0 Å². The van der Waals surface area contributed by atoms with Gasteiger partial charge in [0.05, 0.1) is 6.42 Å². The van der Waals surface area contributed by atoms with Gasteiger partial charge in [-0.1, -0.05) is 0 Å². The van der Waals surface area contributed by atoms with Crippen LogP contribution in [-0.2, 0) is 11.2 Å². The van der Waals surface area contributed by atoms with Crippen LogP contribution in [0, 0.1) is 0 Å². The summed E-state index contributed by atoms with van der Waals surface area (Å²) in [6, 6.07) is 3.05. The molecule has 74 valence electrons. The Balaban J connectivity index is 2.78. The van der Waals surface area contributed by atoms with Crippen LogP contribution < -0.4 is 11.1 Å². The van der Waals surface area contributed by atoms with Gasteiger partial charge in [0.1, 0.15) is 5.82 Å². The van der Waals surface area contributed by atoms with Crippen molar-refractivity contribution in [3.8, 4) is 0 Å². The molecule has 0 bridgehead atoms.